The molecule has 3 aliphatic heterocycles. The van der Waals surface area contributed by atoms with Crippen LogP contribution in [0, 0.1) is 18.7 Å². The van der Waals surface area contributed by atoms with Crippen LogP contribution < -0.4 is 4.90 Å². The number of carbonyl (C=O) groups is 3. The normalized spacial score (nSPS) is 21.3. The van der Waals surface area contributed by atoms with E-state index in [4.69, 9.17) is 4.74 Å². The van der Waals surface area contributed by atoms with Crippen molar-refractivity contribution in [3.05, 3.63) is 53.9 Å². The van der Waals surface area contributed by atoms with Gasteiger partial charge in [-0.2, -0.15) is 0 Å². The van der Waals surface area contributed by atoms with Gasteiger partial charge in [-0.05, 0) is 110 Å². The summed E-state index contributed by atoms with van der Waals surface area (Å²) < 4.78 is 22.5. The van der Waals surface area contributed by atoms with Gasteiger partial charge < -0.3 is 23.8 Å². The summed E-state index contributed by atoms with van der Waals surface area (Å²) in [6.45, 7) is 16.3. The van der Waals surface area contributed by atoms with E-state index >= 15 is 0 Å². The van der Waals surface area contributed by atoms with Gasteiger partial charge in [-0.15, -0.1) is 0 Å². The lowest BCUT2D eigenvalue weighted by Gasteiger charge is -2.51. The van der Waals surface area contributed by atoms with Gasteiger partial charge in [0.25, 0.3) is 5.91 Å². The van der Waals surface area contributed by atoms with Gasteiger partial charge in [-0.1, -0.05) is 6.07 Å². The fraction of sp³-hybridized carbons (Fsp3) is 0.579. The number of anilines is 1. The zero-order valence-electron chi connectivity index (χ0n) is 30.0. The number of piperidine rings is 2. The zero-order chi connectivity index (χ0) is 35.2. The lowest BCUT2D eigenvalue weighted by atomic mass is 9.74. The molecule has 0 radical (unpaired) electrons. The number of imidazole rings is 1. The minimum Gasteiger partial charge on any atom is -0.444 e. The minimum absolute atomic E-state index is 0.0174. The van der Waals surface area contributed by atoms with E-state index in [1.807, 2.05) is 57.8 Å². The average molecular weight is 675 g/mol. The molecule has 2 aromatic heterocycles. The Morgan fingerprint density at radius 1 is 1.02 bits per heavy atom. The summed E-state index contributed by atoms with van der Waals surface area (Å²) >= 11 is 0. The largest absolute Gasteiger partial charge is 0.444 e. The van der Waals surface area contributed by atoms with E-state index in [1.165, 1.54) is 12.1 Å². The van der Waals surface area contributed by atoms with Crippen molar-refractivity contribution in [2.75, 3.05) is 37.6 Å². The molecule has 0 spiro atoms. The van der Waals surface area contributed by atoms with Crippen LogP contribution in [0.4, 0.5) is 14.9 Å². The van der Waals surface area contributed by atoms with Crippen LogP contribution in [0.15, 0.2) is 36.7 Å². The first-order valence-corrected chi connectivity index (χ1v) is 17.9. The van der Waals surface area contributed by atoms with Crippen molar-refractivity contribution in [1.29, 1.82) is 0 Å². The van der Waals surface area contributed by atoms with E-state index in [0.717, 1.165) is 61.2 Å². The number of carbonyl (C=O) groups excluding carboxylic acids is 3. The van der Waals surface area contributed by atoms with Gasteiger partial charge in [0.15, 0.2) is 0 Å². The van der Waals surface area contributed by atoms with Crippen molar-refractivity contribution < 1.29 is 23.5 Å². The van der Waals surface area contributed by atoms with Crippen LogP contribution in [-0.4, -0.2) is 98.4 Å². The molecule has 11 heteroatoms. The number of pyridine rings is 1. The summed E-state index contributed by atoms with van der Waals surface area (Å²) in [5.74, 6) is 0.283. The number of aryl methyl sites for hydroxylation is 1. The summed E-state index contributed by atoms with van der Waals surface area (Å²) in [4.78, 5) is 53.8. The molecule has 1 saturated carbocycles. The van der Waals surface area contributed by atoms with Crippen molar-refractivity contribution in [1.82, 2.24) is 24.1 Å². The summed E-state index contributed by atoms with van der Waals surface area (Å²) in [6, 6.07) is 5.99. The highest BCUT2D eigenvalue weighted by molar-refractivity contribution is 6.03. The highest BCUT2D eigenvalue weighted by Crippen LogP contribution is 2.41. The predicted octanol–water partition coefficient (Wildman–Crippen LogP) is 6.54. The van der Waals surface area contributed by atoms with E-state index < -0.39 is 17.5 Å². The molecule has 1 atom stereocenters. The number of hydrogen-bond acceptors (Lipinski definition) is 6. The molecular formula is C38H51FN6O4. The zero-order valence-corrected chi connectivity index (χ0v) is 30.0. The molecule has 5 heterocycles. The Labute approximate surface area is 289 Å². The number of amides is 3. The SMILES string of the molecule is CCN(C(=O)c1cc(F)ccc1-c1cc(N2CCCN(C(=O)[C@H]3C4CCC(CC4)N3C(=O)OC(C)(C)C)CC2)cn2c(C)ncc12)C(C)C. The van der Waals surface area contributed by atoms with Crippen molar-refractivity contribution in [3.63, 3.8) is 0 Å². The topological polar surface area (TPSA) is 90.7 Å². The van der Waals surface area contributed by atoms with Crippen molar-refractivity contribution in [2.24, 2.45) is 5.92 Å². The first-order valence-electron chi connectivity index (χ1n) is 17.9. The fourth-order valence-corrected chi connectivity index (χ4v) is 8.05. The Hall–Kier alpha value is -4.15. The highest BCUT2D eigenvalue weighted by Gasteiger charge is 2.50. The van der Waals surface area contributed by atoms with Crippen LogP contribution in [0.1, 0.15) is 89.8 Å². The molecule has 7 rings (SSSR count). The van der Waals surface area contributed by atoms with Gasteiger partial charge in [0.1, 0.15) is 23.3 Å². The summed E-state index contributed by atoms with van der Waals surface area (Å²) in [7, 11) is 0. The van der Waals surface area contributed by atoms with Gasteiger partial charge in [-0.3, -0.25) is 14.5 Å². The minimum atomic E-state index is -0.635. The third-order valence-electron chi connectivity index (χ3n) is 10.4. The third kappa shape index (κ3) is 6.85. The van der Waals surface area contributed by atoms with E-state index in [-0.39, 0.29) is 35.9 Å². The maximum Gasteiger partial charge on any atom is 0.411 e. The smallest absolute Gasteiger partial charge is 0.411 e. The molecule has 10 nitrogen and oxygen atoms in total. The van der Waals surface area contributed by atoms with Gasteiger partial charge in [0, 0.05) is 56.6 Å². The third-order valence-corrected chi connectivity index (χ3v) is 10.4. The standard InChI is InChI=1S/C38H51FN6O4/c1-8-43(24(2)3)35(46)32-20-27(39)12-15-30(32)31-21-29(23-44-25(4)40-22-33(31)44)41-16-9-17-42(19-18-41)36(47)34-26-10-13-28(14-11-26)45(34)37(48)49-38(5,6)7/h12,15,20-24,26,28,34H,8-11,13-14,16-19H2,1-7H3/t26?,28?,34-/m1/s1. The lowest BCUT2D eigenvalue weighted by molar-refractivity contribution is -0.145. The molecule has 264 valence electrons. The molecule has 1 aliphatic carbocycles. The van der Waals surface area contributed by atoms with Crippen molar-refractivity contribution in [2.45, 2.75) is 104 Å². The first-order chi connectivity index (χ1) is 23.3. The van der Waals surface area contributed by atoms with Gasteiger partial charge in [0.05, 0.1) is 23.0 Å². The average Bonchev–Trinajstić information content (AvgIpc) is 3.26. The Morgan fingerprint density at radius 3 is 2.43 bits per heavy atom. The molecule has 1 aromatic carbocycles. The van der Waals surface area contributed by atoms with Gasteiger partial charge >= 0.3 is 6.09 Å². The Morgan fingerprint density at radius 2 is 1.76 bits per heavy atom. The van der Waals surface area contributed by atoms with Crippen LogP contribution in [0.5, 0.6) is 0 Å². The number of fused-ring (bicyclic) bond motifs is 4. The number of halogens is 1. The number of nitrogens with zero attached hydrogens (tertiary/aromatic N) is 6. The molecule has 4 aliphatic rings. The van der Waals surface area contributed by atoms with E-state index in [1.54, 1.807) is 22.1 Å². The van der Waals surface area contributed by atoms with Crippen LogP contribution in [-0.2, 0) is 9.53 Å². The Balaban J connectivity index is 1.29. The molecule has 0 N–H and O–H groups in total. The molecule has 4 fully saturated rings. The Kier molecular flexibility index (Phi) is 9.66. The predicted molar refractivity (Wildman–Crippen MR) is 188 cm³/mol. The van der Waals surface area contributed by atoms with E-state index in [2.05, 4.69) is 22.1 Å². The molecule has 49 heavy (non-hydrogen) atoms. The number of rotatable bonds is 6. The summed E-state index contributed by atoms with van der Waals surface area (Å²) in [5, 5.41) is 0. The fourth-order valence-electron chi connectivity index (χ4n) is 8.05. The molecule has 0 unspecified atom stereocenters. The van der Waals surface area contributed by atoms with Crippen LogP contribution >= 0.6 is 0 Å². The molecular weight excluding hydrogens is 623 g/mol. The maximum atomic E-state index is 14.7. The molecule has 3 aromatic rings. The summed E-state index contributed by atoms with van der Waals surface area (Å²) in [5.41, 5.74) is 2.89. The molecule has 3 saturated heterocycles. The number of aromatic nitrogens is 2. The Bertz CT molecular complexity index is 1720. The van der Waals surface area contributed by atoms with Crippen molar-refractivity contribution in [3.8, 4) is 11.1 Å². The second-order valence-electron chi connectivity index (χ2n) is 15.1. The number of hydrogen-bond donors (Lipinski definition) is 0. The van der Waals surface area contributed by atoms with Crippen LogP contribution in [0.2, 0.25) is 0 Å². The first kappa shape index (κ1) is 34.7. The van der Waals surface area contributed by atoms with Crippen LogP contribution in [0.25, 0.3) is 16.6 Å². The van der Waals surface area contributed by atoms with Crippen molar-refractivity contribution >= 4 is 29.1 Å². The second kappa shape index (κ2) is 13.6. The maximum absolute atomic E-state index is 14.7. The van der Waals surface area contributed by atoms with Crippen LogP contribution in [0.3, 0.4) is 0 Å². The van der Waals surface area contributed by atoms with E-state index in [9.17, 15) is 18.8 Å². The summed E-state index contributed by atoms with van der Waals surface area (Å²) in [6.07, 6.45) is 7.95. The highest BCUT2D eigenvalue weighted by atomic mass is 19.1. The quantitative estimate of drug-likeness (QED) is 0.295. The molecule has 3 amide bonds. The number of benzene rings is 1. The van der Waals surface area contributed by atoms with Gasteiger partial charge in [-0.25, -0.2) is 14.2 Å². The molecule has 2 bridgehead atoms. The second-order valence-corrected chi connectivity index (χ2v) is 15.1. The van der Waals surface area contributed by atoms with Gasteiger partial charge in [0.2, 0.25) is 5.91 Å². The van der Waals surface area contributed by atoms with E-state index in [0.29, 0.717) is 37.3 Å². The lowest BCUT2D eigenvalue weighted by Crippen LogP contribution is -2.63. The monoisotopic (exact) mass is 674 g/mol. The number of ether oxygens (including phenoxy) is 1.